The van der Waals surface area contributed by atoms with Gasteiger partial charge in [-0.1, -0.05) is 78.9 Å². The number of benzene rings is 3. The minimum Gasteiger partial charge on any atom is -0.387 e. The van der Waals surface area contributed by atoms with E-state index in [2.05, 4.69) is 33.7 Å². The largest absolute Gasteiger partial charge is 0.387 e. The van der Waals surface area contributed by atoms with Crippen molar-refractivity contribution in [2.45, 2.75) is 31.5 Å². The highest BCUT2D eigenvalue weighted by Crippen LogP contribution is 2.36. The number of likely N-dealkylation sites (tertiary alicyclic amines) is 1. The summed E-state index contributed by atoms with van der Waals surface area (Å²) in [7, 11) is 0. The first kappa shape index (κ1) is 22.6. The van der Waals surface area contributed by atoms with Crippen molar-refractivity contribution in [2.75, 3.05) is 13.1 Å². The fraction of sp³-hybridized carbons (Fsp3) is 0.267. The highest BCUT2D eigenvalue weighted by Gasteiger charge is 2.30. The van der Waals surface area contributed by atoms with Crippen molar-refractivity contribution in [3.63, 3.8) is 0 Å². The number of rotatable bonds is 7. The van der Waals surface area contributed by atoms with Crippen LogP contribution < -0.4 is 0 Å². The summed E-state index contributed by atoms with van der Waals surface area (Å²) < 4.78 is 17.0. The van der Waals surface area contributed by atoms with Gasteiger partial charge in [0.1, 0.15) is 5.82 Å². The molecule has 174 valence electrons. The Labute approximate surface area is 201 Å². The average molecular weight is 455 g/mol. The molecule has 1 aliphatic rings. The minimum atomic E-state index is -0.591. The van der Waals surface area contributed by atoms with Gasteiger partial charge in [0.05, 0.1) is 12.1 Å². The molecule has 1 saturated heterocycles. The number of aliphatic hydroxyl groups excluding tert-OH is 1. The Morgan fingerprint density at radius 2 is 1.44 bits per heavy atom. The number of piperidine rings is 1. The SMILES string of the molecule is OC(c1cccn1C(c1ccccc1)c1ccccc1F)C1CCN(Cc2ccccc2)CC1. The number of halogens is 1. The Morgan fingerprint density at radius 3 is 2.15 bits per heavy atom. The zero-order valence-corrected chi connectivity index (χ0v) is 19.3. The Hall–Kier alpha value is -3.21. The lowest BCUT2D eigenvalue weighted by Crippen LogP contribution is -2.35. The molecule has 34 heavy (non-hydrogen) atoms. The van der Waals surface area contributed by atoms with Crippen molar-refractivity contribution in [3.05, 3.63) is 131 Å². The molecule has 0 radical (unpaired) electrons. The zero-order valence-electron chi connectivity index (χ0n) is 19.3. The van der Waals surface area contributed by atoms with Crippen LogP contribution in [0.25, 0.3) is 0 Å². The van der Waals surface area contributed by atoms with E-state index in [1.807, 2.05) is 66.9 Å². The molecule has 5 rings (SSSR count). The zero-order chi connectivity index (χ0) is 23.3. The molecule has 2 unspecified atom stereocenters. The van der Waals surface area contributed by atoms with Crippen molar-refractivity contribution in [3.8, 4) is 0 Å². The van der Waals surface area contributed by atoms with Crippen molar-refractivity contribution < 1.29 is 9.50 Å². The second-order valence-corrected chi connectivity index (χ2v) is 9.22. The summed E-state index contributed by atoms with van der Waals surface area (Å²) >= 11 is 0. The first-order valence-corrected chi connectivity index (χ1v) is 12.1. The third-order valence-corrected chi connectivity index (χ3v) is 7.04. The number of aromatic nitrogens is 1. The van der Waals surface area contributed by atoms with Gasteiger partial charge < -0.3 is 9.67 Å². The van der Waals surface area contributed by atoms with E-state index in [9.17, 15) is 9.50 Å². The van der Waals surface area contributed by atoms with E-state index in [0.29, 0.717) is 5.56 Å². The van der Waals surface area contributed by atoms with E-state index < -0.39 is 6.10 Å². The van der Waals surface area contributed by atoms with Crippen molar-refractivity contribution >= 4 is 0 Å². The molecule has 1 aliphatic heterocycles. The van der Waals surface area contributed by atoms with Crippen LogP contribution in [-0.4, -0.2) is 27.7 Å². The molecule has 2 atom stereocenters. The van der Waals surface area contributed by atoms with Crippen LogP contribution in [0.1, 0.15) is 47.4 Å². The highest BCUT2D eigenvalue weighted by molar-refractivity contribution is 5.35. The fourth-order valence-electron chi connectivity index (χ4n) is 5.23. The number of hydrogen-bond acceptors (Lipinski definition) is 2. The van der Waals surface area contributed by atoms with Crippen molar-refractivity contribution in [2.24, 2.45) is 5.92 Å². The van der Waals surface area contributed by atoms with Crippen LogP contribution in [0.2, 0.25) is 0 Å². The maximum Gasteiger partial charge on any atom is 0.128 e. The van der Waals surface area contributed by atoms with E-state index in [0.717, 1.165) is 43.7 Å². The Balaban J connectivity index is 1.37. The van der Waals surface area contributed by atoms with Crippen LogP contribution in [0.4, 0.5) is 4.39 Å². The summed E-state index contributed by atoms with van der Waals surface area (Å²) in [5.41, 5.74) is 3.77. The summed E-state index contributed by atoms with van der Waals surface area (Å²) in [6, 6.07) is 31.1. The monoisotopic (exact) mass is 454 g/mol. The van der Waals surface area contributed by atoms with Crippen LogP contribution >= 0.6 is 0 Å². The number of nitrogens with zero attached hydrogens (tertiary/aromatic N) is 2. The first-order valence-electron chi connectivity index (χ1n) is 12.1. The molecule has 2 heterocycles. The molecule has 4 heteroatoms. The summed E-state index contributed by atoms with van der Waals surface area (Å²) in [5.74, 6) is -0.0579. The standard InChI is InChI=1S/C30H31FN2O/c31-27-15-8-7-14-26(27)29(24-12-5-2-6-13-24)33-19-9-16-28(33)30(34)25-17-20-32(21-18-25)22-23-10-3-1-4-11-23/h1-16,19,25,29-30,34H,17-18,20-22H2. The molecule has 1 N–H and O–H groups in total. The van der Waals surface area contributed by atoms with Crippen LogP contribution in [-0.2, 0) is 6.54 Å². The van der Waals surface area contributed by atoms with Gasteiger partial charge in [0.15, 0.2) is 0 Å². The van der Waals surface area contributed by atoms with Crippen LogP contribution in [0.15, 0.2) is 103 Å². The minimum absolute atomic E-state index is 0.178. The van der Waals surface area contributed by atoms with Crippen LogP contribution in [0.3, 0.4) is 0 Å². The molecular formula is C30H31FN2O. The molecular weight excluding hydrogens is 423 g/mol. The summed E-state index contributed by atoms with van der Waals surface area (Å²) in [6.45, 7) is 2.88. The molecule has 0 aliphatic carbocycles. The predicted molar refractivity (Wildman–Crippen MR) is 134 cm³/mol. The quantitative estimate of drug-likeness (QED) is 0.360. The summed E-state index contributed by atoms with van der Waals surface area (Å²) in [5, 5.41) is 11.5. The van der Waals surface area contributed by atoms with E-state index in [4.69, 9.17) is 0 Å². The molecule has 1 aromatic heterocycles. The summed E-state index contributed by atoms with van der Waals surface area (Å²) in [6.07, 6.45) is 3.25. The fourth-order valence-corrected chi connectivity index (χ4v) is 5.23. The summed E-state index contributed by atoms with van der Waals surface area (Å²) in [4.78, 5) is 2.46. The molecule has 4 aromatic rings. The number of hydrogen-bond donors (Lipinski definition) is 1. The second-order valence-electron chi connectivity index (χ2n) is 9.22. The van der Waals surface area contributed by atoms with Gasteiger partial charge in [0.25, 0.3) is 0 Å². The lowest BCUT2D eigenvalue weighted by Gasteiger charge is -2.35. The van der Waals surface area contributed by atoms with E-state index in [-0.39, 0.29) is 17.8 Å². The Morgan fingerprint density at radius 1 is 0.794 bits per heavy atom. The molecule has 0 saturated carbocycles. The van der Waals surface area contributed by atoms with Crippen molar-refractivity contribution in [1.82, 2.24) is 9.47 Å². The van der Waals surface area contributed by atoms with Gasteiger partial charge in [-0.2, -0.15) is 0 Å². The third-order valence-electron chi connectivity index (χ3n) is 7.04. The third kappa shape index (κ3) is 4.84. The second kappa shape index (κ2) is 10.4. The highest BCUT2D eigenvalue weighted by atomic mass is 19.1. The normalized spacial score (nSPS) is 16.9. The van der Waals surface area contributed by atoms with E-state index >= 15 is 0 Å². The van der Waals surface area contributed by atoms with Gasteiger partial charge in [0.2, 0.25) is 0 Å². The van der Waals surface area contributed by atoms with Gasteiger partial charge in [-0.25, -0.2) is 4.39 Å². The van der Waals surface area contributed by atoms with Gasteiger partial charge in [-0.05, 0) is 61.2 Å². The van der Waals surface area contributed by atoms with Crippen LogP contribution in [0, 0.1) is 11.7 Å². The smallest absolute Gasteiger partial charge is 0.128 e. The molecule has 1 fully saturated rings. The Kier molecular flexibility index (Phi) is 6.89. The van der Waals surface area contributed by atoms with Gasteiger partial charge in [-0.3, -0.25) is 4.90 Å². The van der Waals surface area contributed by atoms with Crippen LogP contribution in [0.5, 0.6) is 0 Å². The van der Waals surface area contributed by atoms with Gasteiger partial charge >= 0.3 is 0 Å². The molecule has 0 amide bonds. The molecule has 3 nitrogen and oxygen atoms in total. The lowest BCUT2D eigenvalue weighted by atomic mass is 9.88. The predicted octanol–water partition coefficient (Wildman–Crippen LogP) is 6.21. The first-order chi connectivity index (χ1) is 16.7. The lowest BCUT2D eigenvalue weighted by molar-refractivity contribution is 0.0513. The maximum absolute atomic E-state index is 14.9. The van der Waals surface area contributed by atoms with Gasteiger partial charge in [-0.15, -0.1) is 0 Å². The maximum atomic E-state index is 14.9. The number of aliphatic hydroxyl groups is 1. The van der Waals surface area contributed by atoms with Crippen molar-refractivity contribution in [1.29, 1.82) is 0 Å². The molecule has 0 bridgehead atoms. The van der Waals surface area contributed by atoms with Gasteiger partial charge in [0, 0.05) is 24.0 Å². The Bertz CT molecular complexity index is 1180. The van der Waals surface area contributed by atoms with E-state index in [1.54, 1.807) is 6.07 Å². The molecule has 0 spiro atoms. The topological polar surface area (TPSA) is 28.4 Å². The average Bonchev–Trinajstić information content (AvgIpc) is 3.36. The van der Waals surface area contributed by atoms with E-state index in [1.165, 1.54) is 11.6 Å². The molecule has 3 aromatic carbocycles.